The predicted octanol–water partition coefficient (Wildman–Crippen LogP) is 2.89. The first-order chi connectivity index (χ1) is 8.22. The first kappa shape index (κ1) is 9.90. The Balaban J connectivity index is 2.18. The zero-order valence-electron chi connectivity index (χ0n) is 9.59. The Labute approximate surface area is 99.5 Å². The van der Waals surface area contributed by atoms with Crippen LogP contribution in [0.2, 0.25) is 0 Å². The normalized spacial score (nSPS) is 10.9. The second-order valence-corrected chi connectivity index (χ2v) is 4.22. The number of imidazole rings is 1. The van der Waals surface area contributed by atoms with E-state index in [1.54, 1.807) is 0 Å². The molecule has 0 spiro atoms. The van der Waals surface area contributed by atoms with E-state index < -0.39 is 0 Å². The van der Waals surface area contributed by atoms with Crippen molar-refractivity contribution in [2.24, 2.45) is 0 Å². The molecule has 3 heteroatoms. The van der Waals surface area contributed by atoms with Crippen LogP contribution >= 0.6 is 0 Å². The summed E-state index contributed by atoms with van der Waals surface area (Å²) in [6.45, 7) is 2.07. The average molecular weight is 223 g/mol. The molecule has 0 saturated carbocycles. The number of hydrogen-bond acceptors (Lipinski definition) is 2. The third kappa shape index (κ3) is 1.76. The van der Waals surface area contributed by atoms with Gasteiger partial charge in [0.05, 0.1) is 5.69 Å². The van der Waals surface area contributed by atoms with Crippen LogP contribution in [-0.4, -0.2) is 9.38 Å². The van der Waals surface area contributed by atoms with Crippen LogP contribution in [0.25, 0.3) is 16.9 Å². The fraction of sp³-hybridized carbons (Fsp3) is 0.0714. The molecule has 2 heterocycles. The van der Waals surface area contributed by atoms with Crippen LogP contribution in [0.15, 0.2) is 48.8 Å². The van der Waals surface area contributed by atoms with Crippen LogP contribution in [0.3, 0.4) is 0 Å². The molecule has 1 aromatic carbocycles. The second-order valence-electron chi connectivity index (χ2n) is 4.22. The summed E-state index contributed by atoms with van der Waals surface area (Å²) in [7, 11) is 0. The molecule has 0 atom stereocenters. The number of aryl methyl sites for hydroxylation is 1. The molecule has 0 radical (unpaired) electrons. The maximum absolute atomic E-state index is 5.78. The molecule has 3 aromatic rings. The fourth-order valence-electron chi connectivity index (χ4n) is 1.94. The number of anilines is 1. The molecule has 2 aromatic heterocycles. The first-order valence-electron chi connectivity index (χ1n) is 5.54. The average Bonchev–Trinajstić information content (AvgIpc) is 2.72. The van der Waals surface area contributed by atoms with Crippen molar-refractivity contribution in [3.63, 3.8) is 0 Å². The van der Waals surface area contributed by atoms with E-state index in [1.807, 2.05) is 40.9 Å². The molecule has 3 nitrogen and oxygen atoms in total. The van der Waals surface area contributed by atoms with E-state index in [-0.39, 0.29) is 0 Å². The van der Waals surface area contributed by atoms with Gasteiger partial charge >= 0.3 is 0 Å². The van der Waals surface area contributed by atoms with Crippen LogP contribution in [-0.2, 0) is 0 Å². The maximum Gasteiger partial charge on any atom is 0.137 e. The highest BCUT2D eigenvalue weighted by atomic mass is 15.0. The Morgan fingerprint density at radius 2 is 2.00 bits per heavy atom. The summed E-state index contributed by atoms with van der Waals surface area (Å²) < 4.78 is 2.04. The van der Waals surface area contributed by atoms with Crippen LogP contribution < -0.4 is 5.73 Å². The molecule has 0 unspecified atom stereocenters. The number of benzene rings is 1. The number of fused-ring (bicyclic) bond motifs is 1. The Morgan fingerprint density at radius 1 is 1.12 bits per heavy atom. The van der Waals surface area contributed by atoms with Gasteiger partial charge in [0.1, 0.15) is 5.65 Å². The second kappa shape index (κ2) is 3.63. The van der Waals surface area contributed by atoms with E-state index in [2.05, 4.69) is 24.2 Å². The van der Waals surface area contributed by atoms with Crippen molar-refractivity contribution >= 4 is 11.3 Å². The number of hydrogen-bond donors (Lipinski definition) is 1. The number of nitrogen functional groups attached to an aromatic ring is 1. The summed E-state index contributed by atoms with van der Waals surface area (Å²) in [5, 5.41) is 0. The SMILES string of the molecule is Cc1ccc2nc(-c3cccc(N)c3)cn2c1. The van der Waals surface area contributed by atoms with Crippen LogP contribution in [0.1, 0.15) is 5.56 Å². The van der Waals surface area contributed by atoms with Crippen molar-refractivity contribution in [1.29, 1.82) is 0 Å². The van der Waals surface area contributed by atoms with E-state index in [0.29, 0.717) is 0 Å². The first-order valence-corrected chi connectivity index (χ1v) is 5.54. The Bertz CT molecular complexity index is 683. The van der Waals surface area contributed by atoms with Crippen molar-refractivity contribution in [2.45, 2.75) is 6.92 Å². The molecule has 0 aliphatic carbocycles. The molecule has 0 fully saturated rings. The summed E-state index contributed by atoms with van der Waals surface area (Å²) in [4.78, 5) is 4.57. The van der Waals surface area contributed by atoms with Gasteiger partial charge in [-0.05, 0) is 30.7 Å². The van der Waals surface area contributed by atoms with Crippen molar-refractivity contribution < 1.29 is 0 Å². The lowest BCUT2D eigenvalue weighted by Crippen LogP contribution is -1.84. The molecule has 2 N–H and O–H groups in total. The summed E-state index contributed by atoms with van der Waals surface area (Å²) in [6, 6.07) is 11.9. The van der Waals surface area contributed by atoms with Gasteiger partial charge in [0.2, 0.25) is 0 Å². The molecule has 0 bridgehead atoms. The predicted molar refractivity (Wildman–Crippen MR) is 69.8 cm³/mol. The molecule has 0 aliphatic heterocycles. The highest BCUT2D eigenvalue weighted by molar-refractivity contribution is 5.66. The minimum atomic E-state index is 0.760. The number of nitrogens with zero attached hydrogens (tertiary/aromatic N) is 2. The highest BCUT2D eigenvalue weighted by Crippen LogP contribution is 2.21. The van der Waals surface area contributed by atoms with Gasteiger partial charge in [-0.15, -0.1) is 0 Å². The summed E-state index contributed by atoms with van der Waals surface area (Å²) >= 11 is 0. The third-order valence-electron chi connectivity index (χ3n) is 2.78. The number of nitrogens with two attached hydrogens (primary N) is 1. The van der Waals surface area contributed by atoms with Gasteiger partial charge in [-0.3, -0.25) is 0 Å². The van der Waals surface area contributed by atoms with Crippen LogP contribution in [0.5, 0.6) is 0 Å². The lowest BCUT2D eigenvalue weighted by atomic mass is 10.1. The quantitative estimate of drug-likeness (QED) is 0.644. The Hall–Kier alpha value is -2.29. The monoisotopic (exact) mass is 223 g/mol. The van der Waals surface area contributed by atoms with Crippen molar-refractivity contribution in [1.82, 2.24) is 9.38 Å². The minimum Gasteiger partial charge on any atom is -0.399 e. The summed E-state index contributed by atoms with van der Waals surface area (Å²) in [5.74, 6) is 0. The molecular weight excluding hydrogens is 210 g/mol. The van der Waals surface area contributed by atoms with Crippen molar-refractivity contribution in [3.05, 3.63) is 54.4 Å². The van der Waals surface area contributed by atoms with Gasteiger partial charge in [0.25, 0.3) is 0 Å². The van der Waals surface area contributed by atoms with Crippen molar-refractivity contribution in [3.8, 4) is 11.3 Å². The van der Waals surface area contributed by atoms with Gasteiger partial charge in [0, 0.05) is 23.6 Å². The Kier molecular flexibility index (Phi) is 2.11. The van der Waals surface area contributed by atoms with E-state index in [1.165, 1.54) is 5.56 Å². The van der Waals surface area contributed by atoms with E-state index >= 15 is 0 Å². The molecule has 3 rings (SSSR count). The summed E-state index contributed by atoms with van der Waals surface area (Å²) in [6.07, 6.45) is 4.09. The van der Waals surface area contributed by atoms with Gasteiger partial charge in [-0.1, -0.05) is 18.2 Å². The van der Waals surface area contributed by atoms with Gasteiger partial charge in [0.15, 0.2) is 0 Å². The molecular formula is C14H13N3. The number of rotatable bonds is 1. The van der Waals surface area contributed by atoms with Crippen LogP contribution in [0, 0.1) is 6.92 Å². The molecule has 84 valence electrons. The molecule has 17 heavy (non-hydrogen) atoms. The van der Waals surface area contributed by atoms with Crippen LogP contribution in [0.4, 0.5) is 5.69 Å². The molecule has 0 amide bonds. The smallest absolute Gasteiger partial charge is 0.137 e. The minimum absolute atomic E-state index is 0.760. The lowest BCUT2D eigenvalue weighted by molar-refractivity contribution is 1.16. The molecule has 0 saturated heterocycles. The lowest BCUT2D eigenvalue weighted by Gasteiger charge is -1.96. The maximum atomic E-state index is 5.78. The van der Waals surface area contributed by atoms with Crippen molar-refractivity contribution in [2.75, 3.05) is 5.73 Å². The topological polar surface area (TPSA) is 43.3 Å². The van der Waals surface area contributed by atoms with Gasteiger partial charge in [-0.25, -0.2) is 4.98 Å². The third-order valence-corrected chi connectivity index (χ3v) is 2.78. The fourth-order valence-corrected chi connectivity index (χ4v) is 1.94. The standard InChI is InChI=1S/C14H13N3/c1-10-5-6-14-16-13(9-17(14)8-10)11-3-2-4-12(15)7-11/h2-9H,15H2,1H3. The Morgan fingerprint density at radius 3 is 2.82 bits per heavy atom. The largest absolute Gasteiger partial charge is 0.399 e. The zero-order chi connectivity index (χ0) is 11.8. The number of pyridine rings is 1. The van der Waals surface area contributed by atoms with E-state index in [0.717, 1.165) is 22.6 Å². The number of aromatic nitrogens is 2. The molecule has 0 aliphatic rings. The van der Waals surface area contributed by atoms with E-state index in [4.69, 9.17) is 5.73 Å². The van der Waals surface area contributed by atoms with Gasteiger partial charge < -0.3 is 10.1 Å². The van der Waals surface area contributed by atoms with Gasteiger partial charge in [-0.2, -0.15) is 0 Å². The van der Waals surface area contributed by atoms with E-state index in [9.17, 15) is 0 Å². The highest BCUT2D eigenvalue weighted by Gasteiger charge is 2.04. The summed E-state index contributed by atoms with van der Waals surface area (Å²) in [5.41, 5.74) is 10.7. The zero-order valence-corrected chi connectivity index (χ0v) is 9.59.